The molecule has 0 saturated carbocycles. The Morgan fingerprint density at radius 1 is 1.06 bits per heavy atom. The van der Waals surface area contributed by atoms with Gasteiger partial charge < -0.3 is 10.2 Å². The largest absolute Gasteiger partial charge is 0.384 e. The Balaban J connectivity index is 1.75. The Morgan fingerprint density at radius 3 is 2.40 bits per heavy atom. The smallest absolute Gasteiger partial charge is 0.268 e. The number of para-hydroxylation sites is 1. The van der Waals surface area contributed by atoms with Gasteiger partial charge in [-0.25, -0.2) is 4.99 Å². The van der Waals surface area contributed by atoms with Crippen LogP contribution in [-0.2, 0) is 11.3 Å². The van der Waals surface area contributed by atoms with Gasteiger partial charge in [-0.1, -0.05) is 48.5 Å². The number of amides is 1. The van der Waals surface area contributed by atoms with Crippen molar-refractivity contribution in [2.45, 2.75) is 20.4 Å². The first-order valence-corrected chi connectivity index (χ1v) is 12.3. The first-order chi connectivity index (χ1) is 17.0. The predicted molar refractivity (Wildman–Crippen MR) is 145 cm³/mol. The molecule has 7 heteroatoms. The van der Waals surface area contributed by atoms with Crippen molar-refractivity contribution in [1.29, 1.82) is 0 Å². The number of carbonyl (C=O) groups is 2. The lowest BCUT2D eigenvalue weighted by molar-refractivity contribution is -0.122. The minimum Gasteiger partial charge on any atom is -0.384 e. The van der Waals surface area contributed by atoms with Crippen LogP contribution >= 0.6 is 11.8 Å². The van der Waals surface area contributed by atoms with Gasteiger partial charge in [0.25, 0.3) is 5.91 Å². The van der Waals surface area contributed by atoms with Crippen molar-refractivity contribution >= 4 is 45.7 Å². The highest BCUT2D eigenvalue weighted by molar-refractivity contribution is 8.18. The van der Waals surface area contributed by atoms with E-state index in [1.165, 1.54) is 18.7 Å². The Bertz CT molecular complexity index is 1270. The van der Waals surface area contributed by atoms with Gasteiger partial charge in [0, 0.05) is 31.0 Å². The second kappa shape index (κ2) is 11.1. The summed E-state index contributed by atoms with van der Waals surface area (Å²) in [7, 11) is 1.92. The number of thioether (sulfide) groups is 1. The zero-order valence-electron chi connectivity index (χ0n) is 20.1. The van der Waals surface area contributed by atoms with E-state index in [0.717, 1.165) is 16.9 Å². The molecule has 1 N–H and O–H groups in total. The number of anilines is 2. The molecule has 0 aromatic heterocycles. The molecular weight excluding hydrogens is 456 g/mol. The van der Waals surface area contributed by atoms with Crippen molar-refractivity contribution in [1.82, 2.24) is 4.90 Å². The molecule has 35 heavy (non-hydrogen) atoms. The van der Waals surface area contributed by atoms with E-state index in [2.05, 4.69) is 5.32 Å². The molecule has 3 aromatic carbocycles. The quantitative estimate of drug-likeness (QED) is 0.311. The molecule has 0 spiro atoms. The number of hydrogen-bond donors (Lipinski definition) is 1. The van der Waals surface area contributed by atoms with Crippen LogP contribution in [0.25, 0.3) is 0 Å². The molecule has 0 radical (unpaired) electrons. The summed E-state index contributed by atoms with van der Waals surface area (Å²) in [4.78, 5) is 34.6. The van der Waals surface area contributed by atoms with Crippen LogP contribution in [0.2, 0.25) is 0 Å². The highest BCUT2D eigenvalue weighted by atomic mass is 32.2. The molecule has 1 aliphatic rings. The Morgan fingerprint density at radius 2 is 1.74 bits per heavy atom. The van der Waals surface area contributed by atoms with E-state index in [4.69, 9.17) is 4.99 Å². The number of nitrogens with one attached hydrogen (secondary N) is 1. The minimum absolute atomic E-state index is 0.0316. The molecule has 1 saturated heterocycles. The van der Waals surface area contributed by atoms with Gasteiger partial charge in [-0.05, 0) is 61.5 Å². The summed E-state index contributed by atoms with van der Waals surface area (Å²) in [5, 5.41) is 3.88. The highest BCUT2D eigenvalue weighted by Gasteiger charge is 2.34. The molecular formula is C28H28N4O2S. The molecule has 0 bridgehead atoms. The molecule has 6 nitrogen and oxygen atoms in total. The van der Waals surface area contributed by atoms with Gasteiger partial charge in [-0.2, -0.15) is 0 Å². The van der Waals surface area contributed by atoms with Gasteiger partial charge in [0.05, 0.1) is 22.8 Å². The maximum Gasteiger partial charge on any atom is 0.268 e. The lowest BCUT2D eigenvalue weighted by atomic mass is 10.1. The summed E-state index contributed by atoms with van der Waals surface area (Å²) in [6.07, 6.45) is 1.85. The zero-order valence-corrected chi connectivity index (χ0v) is 20.9. The lowest BCUT2D eigenvalue weighted by Crippen LogP contribution is -2.28. The average molecular weight is 485 g/mol. The predicted octanol–water partition coefficient (Wildman–Crippen LogP) is 6.06. The van der Waals surface area contributed by atoms with Crippen molar-refractivity contribution in [3.63, 3.8) is 0 Å². The van der Waals surface area contributed by atoms with Gasteiger partial charge in [0.2, 0.25) is 0 Å². The van der Waals surface area contributed by atoms with E-state index in [1.807, 2.05) is 91.8 Å². The molecule has 4 rings (SSSR count). The van der Waals surface area contributed by atoms with Crippen LogP contribution in [0.4, 0.5) is 17.1 Å². The third-order valence-electron chi connectivity index (χ3n) is 5.53. The average Bonchev–Trinajstić information content (AvgIpc) is 3.15. The molecule has 0 atom stereocenters. The van der Waals surface area contributed by atoms with Gasteiger partial charge >= 0.3 is 0 Å². The van der Waals surface area contributed by atoms with E-state index < -0.39 is 0 Å². The summed E-state index contributed by atoms with van der Waals surface area (Å²) < 4.78 is 0. The number of aliphatic imine (C=N–C) groups is 1. The van der Waals surface area contributed by atoms with Gasteiger partial charge in [-0.3, -0.25) is 14.5 Å². The topological polar surface area (TPSA) is 65.0 Å². The third kappa shape index (κ3) is 5.81. The number of benzene rings is 3. The standard InChI is InChI=1S/C28H28N4O2S/c1-4-29-24-16-15-22(20(2)33)17-25(24)30-28-32(18-21-11-7-5-8-12-21)27(34)26(35-28)19-31(3)23-13-9-6-10-14-23/h5-17,19,29H,4,18H2,1-3H3/b26-19-,30-28-. The second-order valence-electron chi connectivity index (χ2n) is 8.13. The van der Waals surface area contributed by atoms with E-state index in [0.29, 0.717) is 34.4 Å². The van der Waals surface area contributed by atoms with Crippen molar-refractivity contribution in [3.8, 4) is 0 Å². The summed E-state index contributed by atoms with van der Waals surface area (Å²) in [6.45, 7) is 4.66. The number of rotatable bonds is 8. The van der Waals surface area contributed by atoms with Crippen LogP contribution in [-0.4, -0.2) is 35.4 Å². The fourth-order valence-electron chi connectivity index (χ4n) is 3.69. The van der Waals surface area contributed by atoms with Crippen LogP contribution < -0.4 is 10.2 Å². The molecule has 0 unspecified atom stereocenters. The van der Waals surface area contributed by atoms with Gasteiger partial charge in [0.1, 0.15) is 0 Å². The van der Waals surface area contributed by atoms with E-state index in [-0.39, 0.29) is 11.7 Å². The van der Waals surface area contributed by atoms with Crippen LogP contribution in [0.15, 0.2) is 95.0 Å². The first-order valence-electron chi connectivity index (χ1n) is 11.5. The van der Waals surface area contributed by atoms with Crippen LogP contribution in [0.5, 0.6) is 0 Å². The Labute approximate surface area is 210 Å². The van der Waals surface area contributed by atoms with E-state index in [1.54, 1.807) is 17.0 Å². The minimum atomic E-state index is -0.104. The molecule has 178 valence electrons. The van der Waals surface area contributed by atoms with Crippen LogP contribution in [0.1, 0.15) is 29.8 Å². The number of carbonyl (C=O) groups excluding carboxylic acids is 2. The molecule has 1 amide bonds. The molecule has 3 aromatic rings. The fraction of sp³-hybridized carbons (Fsp3) is 0.179. The SMILES string of the molecule is CCNc1ccc(C(C)=O)cc1/N=C1\S/C(=C\N(C)c2ccccc2)C(=O)N1Cc1ccccc1. The second-order valence-corrected chi connectivity index (χ2v) is 9.14. The van der Waals surface area contributed by atoms with Gasteiger partial charge in [-0.15, -0.1) is 0 Å². The van der Waals surface area contributed by atoms with Crippen LogP contribution in [0.3, 0.4) is 0 Å². The first kappa shape index (κ1) is 24.3. The number of amidine groups is 1. The summed E-state index contributed by atoms with van der Waals surface area (Å²) in [5.74, 6) is -0.135. The summed E-state index contributed by atoms with van der Waals surface area (Å²) in [6, 6.07) is 25.2. The van der Waals surface area contributed by atoms with Gasteiger partial charge in [0.15, 0.2) is 11.0 Å². The molecule has 1 heterocycles. The summed E-state index contributed by atoms with van der Waals surface area (Å²) >= 11 is 1.34. The number of nitrogens with zero attached hydrogens (tertiary/aromatic N) is 3. The maximum atomic E-state index is 13.5. The van der Waals surface area contributed by atoms with Crippen molar-refractivity contribution in [2.24, 2.45) is 4.99 Å². The molecule has 1 fully saturated rings. The normalized spacial score (nSPS) is 15.6. The number of ketones is 1. The number of hydrogen-bond acceptors (Lipinski definition) is 6. The molecule has 0 aliphatic carbocycles. The summed E-state index contributed by atoms with van der Waals surface area (Å²) in [5.41, 5.74) is 4.02. The fourth-order valence-corrected chi connectivity index (χ4v) is 4.69. The van der Waals surface area contributed by atoms with Crippen LogP contribution in [0, 0.1) is 0 Å². The third-order valence-corrected chi connectivity index (χ3v) is 6.53. The lowest BCUT2D eigenvalue weighted by Gasteiger charge is -2.17. The monoisotopic (exact) mass is 484 g/mol. The van der Waals surface area contributed by atoms with Crippen molar-refractivity contribution < 1.29 is 9.59 Å². The van der Waals surface area contributed by atoms with E-state index >= 15 is 0 Å². The van der Waals surface area contributed by atoms with Crippen molar-refractivity contribution in [3.05, 3.63) is 101 Å². The number of Topliss-reactive ketones (excluding diaryl/α,β-unsaturated/α-hetero) is 1. The van der Waals surface area contributed by atoms with E-state index in [9.17, 15) is 9.59 Å². The zero-order chi connectivity index (χ0) is 24.8. The maximum absolute atomic E-state index is 13.5. The molecule has 1 aliphatic heterocycles. The highest BCUT2D eigenvalue weighted by Crippen LogP contribution is 2.36. The Hall–Kier alpha value is -3.84. The Kier molecular flexibility index (Phi) is 7.67. The van der Waals surface area contributed by atoms with Crippen molar-refractivity contribution in [2.75, 3.05) is 23.8 Å².